The molecule has 3 fully saturated rings. The summed E-state index contributed by atoms with van der Waals surface area (Å²) in [6.07, 6.45) is 4.16. The molecule has 3 unspecified atom stereocenters. The number of nitrogens with one attached hydrogen (secondary N) is 1. The predicted octanol–water partition coefficient (Wildman–Crippen LogP) is -0.374. The van der Waals surface area contributed by atoms with Gasteiger partial charge < -0.3 is 10.1 Å². The van der Waals surface area contributed by atoms with Gasteiger partial charge in [0.25, 0.3) is 0 Å². The lowest BCUT2D eigenvalue weighted by Crippen LogP contribution is -2.48. The number of nitrogens with zero attached hydrogens (tertiary/aromatic N) is 1. The Bertz CT molecular complexity index is 386. The molecule has 104 valence electrons. The van der Waals surface area contributed by atoms with Crippen molar-refractivity contribution in [2.24, 2.45) is 0 Å². The maximum atomic E-state index is 11.6. The van der Waals surface area contributed by atoms with Crippen LogP contribution in [0.15, 0.2) is 0 Å². The van der Waals surface area contributed by atoms with Crippen LogP contribution in [0.25, 0.3) is 0 Å². The number of morpholine rings is 1. The molecule has 3 heterocycles. The van der Waals surface area contributed by atoms with Crippen molar-refractivity contribution in [3.8, 4) is 0 Å². The fourth-order valence-electron chi connectivity index (χ4n) is 3.27. The Labute approximate surface area is 109 Å². The second-order valence-corrected chi connectivity index (χ2v) is 8.00. The first-order chi connectivity index (χ1) is 8.61. The minimum absolute atomic E-state index is 0.143. The number of rotatable bonds is 3. The van der Waals surface area contributed by atoms with E-state index in [1.807, 2.05) is 0 Å². The Balaban J connectivity index is 1.47. The average Bonchev–Trinajstić information content (AvgIpc) is 2.65. The molecule has 3 aliphatic heterocycles. The number of hydrogen-bond donors (Lipinski definition) is 1. The molecule has 0 aromatic rings. The fraction of sp³-hybridized carbons (Fsp3) is 1.00. The van der Waals surface area contributed by atoms with E-state index in [-0.39, 0.29) is 6.04 Å². The summed E-state index contributed by atoms with van der Waals surface area (Å²) in [4.78, 5) is 2.44. The van der Waals surface area contributed by atoms with Gasteiger partial charge in [0.05, 0.1) is 23.7 Å². The largest absolute Gasteiger partial charge is 0.372 e. The van der Waals surface area contributed by atoms with Crippen LogP contribution in [0.3, 0.4) is 0 Å². The highest BCUT2D eigenvalue weighted by atomic mass is 32.2. The van der Waals surface area contributed by atoms with Gasteiger partial charge in [-0.1, -0.05) is 0 Å². The van der Waals surface area contributed by atoms with Crippen LogP contribution in [-0.4, -0.2) is 69.3 Å². The van der Waals surface area contributed by atoms with Crippen molar-refractivity contribution in [1.29, 1.82) is 0 Å². The number of likely N-dealkylation sites (tertiary alicyclic amines) is 1. The lowest BCUT2D eigenvalue weighted by molar-refractivity contribution is -0.0389. The zero-order valence-corrected chi connectivity index (χ0v) is 11.5. The molecule has 1 N–H and O–H groups in total. The van der Waals surface area contributed by atoms with Gasteiger partial charge in [-0.2, -0.15) is 0 Å². The predicted molar refractivity (Wildman–Crippen MR) is 69.4 cm³/mol. The van der Waals surface area contributed by atoms with Gasteiger partial charge in [-0.3, -0.25) is 4.90 Å². The van der Waals surface area contributed by atoms with Crippen LogP contribution in [0, 0.1) is 0 Å². The third-order valence-electron chi connectivity index (χ3n) is 4.21. The van der Waals surface area contributed by atoms with Crippen molar-refractivity contribution in [3.63, 3.8) is 0 Å². The van der Waals surface area contributed by atoms with Crippen molar-refractivity contribution in [1.82, 2.24) is 10.2 Å². The minimum Gasteiger partial charge on any atom is -0.372 e. The molecule has 0 saturated carbocycles. The quantitative estimate of drug-likeness (QED) is 0.761. The Morgan fingerprint density at radius 3 is 2.61 bits per heavy atom. The Hall–Kier alpha value is -0.170. The molecule has 0 aromatic carbocycles. The van der Waals surface area contributed by atoms with Gasteiger partial charge in [-0.05, 0) is 25.8 Å². The molecule has 3 aliphatic rings. The van der Waals surface area contributed by atoms with Crippen LogP contribution < -0.4 is 5.32 Å². The van der Waals surface area contributed by atoms with Gasteiger partial charge in [-0.25, -0.2) is 8.42 Å². The molecular formula is C12H22N2O3S. The molecular weight excluding hydrogens is 252 g/mol. The molecule has 0 spiro atoms. The smallest absolute Gasteiger partial charge is 0.153 e. The van der Waals surface area contributed by atoms with E-state index < -0.39 is 9.84 Å². The summed E-state index contributed by atoms with van der Waals surface area (Å²) < 4.78 is 28.9. The van der Waals surface area contributed by atoms with Crippen molar-refractivity contribution < 1.29 is 13.2 Å². The van der Waals surface area contributed by atoms with Crippen LogP contribution in [-0.2, 0) is 14.6 Å². The molecule has 0 aromatic heterocycles. The van der Waals surface area contributed by atoms with Crippen molar-refractivity contribution in [2.75, 3.05) is 37.7 Å². The van der Waals surface area contributed by atoms with E-state index >= 15 is 0 Å². The lowest BCUT2D eigenvalue weighted by Gasteiger charge is -2.33. The summed E-state index contributed by atoms with van der Waals surface area (Å²) in [5, 5.41) is 3.32. The number of fused-ring (bicyclic) bond motifs is 2. The number of hydrogen-bond acceptors (Lipinski definition) is 5. The topological polar surface area (TPSA) is 58.6 Å². The summed E-state index contributed by atoms with van der Waals surface area (Å²) in [6.45, 7) is 3.65. The molecule has 2 bridgehead atoms. The maximum Gasteiger partial charge on any atom is 0.153 e. The SMILES string of the molecule is O=S1(=O)CCNC(CCN2CC3CCC(C2)O3)C1. The van der Waals surface area contributed by atoms with Crippen LogP contribution >= 0.6 is 0 Å². The molecule has 5 nitrogen and oxygen atoms in total. The molecule has 0 amide bonds. The third kappa shape index (κ3) is 3.04. The van der Waals surface area contributed by atoms with E-state index in [0.717, 1.165) is 26.1 Å². The zero-order chi connectivity index (χ0) is 12.6. The van der Waals surface area contributed by atoms with Crippen molar-refractivity contribution >= 4 is 9.84 Å². The van der Waals surface area contributed by atoms with Crippen LogP contribution in [0.1, 0.15) is 19.3 Å². The third-order valence-corrected chi connectivity index (χ3v) is 5.95. The van der Waals surface area contributed by atoms with E-state index in [9.17, 15) is 8.42 Å². The standard InChI is InChI=1S/C12H22N2O3S/c15-18(16)6-4-13-10(9-18)3-5-14-7-11-1-2-12(8-14)17-11/h10-13H,1-9H2. The van der Waals surface area contributed by atoms with Gasteiger partial charge in [0.15, 0.2) is 9.84 Å². The van der Waals surface area contributed by atoms with E-state index in [2.05, 4.69) is 10.2 Å². The molecule has 3 atom stereocenters. The lowest BCUT2D eigenvalue weighted by atomic mass is 10.2. The first-order valence-electron chi connectivity index (χ1n) is 6.92. The van der Waals surface area contributed by atoms with E-state index in [1.54, 1.807) is 0 Å². The highest BCUT2D eigenvalue weighted by Gasteiger charge is 2.34. The summed E-state index contributed by atoms with van der Waals surface area (Å²) in [5.74, 6) is 0.607. The van der Waals surface area contributed by atoms with Gasteiger partial charge in [0, 0.05) is 25.7 Å². The van der Waals surface area contributed by atoms with E-state index in [1.165, 1.54) is 12.8 Å². The Morgan fingerprint density at radius 1 is 1.22 bits per heavy atom. The monoisotopic (exact) mass is 274 g/mol. The highest BCUT2D eigenvalue weighted by Crippen LogP contribution is 2.26. The van der Waals surface area contributed by atoms with E-state index in [0.29, 0.717) is 30.3 Å². The normalized spacial score (nSPS) is 39.9. The summed E-state index contributed by atoms with van der Waals surface area (Å²) in [6, 6.07) is 0.143. The van der Waals surface area contributed by atoms with Crippen LogP contribution in [0.5, 0.6) is 0 Å². The zero-order valence-electron chi connectivity index (χ0n) is 10.7. The molecule has 0 radical (unpaired) electrons. The Morgan fingerprint density at radius 2 is 1.94 bits per heavy atom. The fourth-order valence-corrected chi connectivity index (χ4v) is 4.77. The van der Waals surface area contributed by atoms with Gasteiger partial charge in [0.1, 0.15) is 0 Å². The molecule has 3 rings (SSSR count). The molecule has 6 heteroatoms. The van der Waals surface area contributed by atoms with Gasteiger partial charge in [0.2, 0.25) is 0 Å². The van der Waals surface area contributed by atoms with Crippen LogP contribution in [0.2, 0.25) is 0 Å². The van der Waals surface area contributed by atoms with Crippen LogP contribution in [0.4, 0.5) is 0 Å². The number of ether oxygens (including phenoxy) is 1. The molecule has 0 aliphatic carbocycles. The number of sulfone groups is 1. The first-order valence-corrected chi connectivity index (χ1v) is 8.74. The van der Waals surface area contributed by atoms with E-state index in [4.69, 9.17) is 4.74 Å². The summed E-state index contributed by atoms with van der Waals surface area (Å²) in [7, 11) is -2.80. The second-order valence-electron chi connectivity index (χ2n) is 5.77. The van der Waals surface area contributed by atoms with Crippen molar-refractivity contribution in [3.05, 3.63) is 0 Å². The molecule has 3 saturated heterocycles. The Kier molecular flexibility index (Phi) is 3.62. The summed E-state index contributed by atoms with van der Waals surface area (Å²) >= 11 is 0. The van der Waals surface area contributed by atoms with Gasteiger partial charge >= 0.3 is 0 Å². The second kappa shape index (κ2) is 5.07. The van der Waals surface area contributed by atoms with Crippen molar-refractivity contribution in [2.45, 2.75) is 37.5 Å². The minimum atomic E-state index is -2.80. The highest BCUT2D eigenvalue weighted by molar-refractivity contribution is 7.91. The maximum absolute atomic E-state index is 11.6. The summed E-state index contributed by atoms with van der Waals surface area (Å²) in [5.41, 5.74) is 0. The van der Waals surface area contributed by atoms with Gasteiger partial charge in [-0.15, -0.1) is 0 Å². The average molecular weight is 274 g/mol. The first kappa shape index (κ1) is 12.8. The molecule has 18 heavy (non-hydrogen) atoms.